The molecule has 0 aliphatic heterocycles. The van der Waals surface area contributed by atoms with Crippen molar-refractivity contribution < 1.29 is 0 Å². The molecule has 0 aliphatic rings. The molecule has 1 rings (SSSR count). The second-order valence-electron chi connectivity index (χ2n) is 4.84. The minimum absolute atomic E-state index is 0.668. The van der Waals surface area contributed by atoms with Gasteiger partial charge in [0.25, 0.3) is 0 Å². The summed E-state index contributed by atoms with van der Waals surface area (Å²) < 4.78 is 2.04. The van der Waals surface area contributed by atoms with E-state index in [1.807, 2.05) is 10.9 Å². The molecule has 4 nitrogen and oxygen atoms in total. The van der Waals surface area contributed by atoms with Gasteiger partial charge in [-0.3, -0.25) is 0 Å². The van der Waals surface area contributed by atoms with Crippen molar-refractivity contribution in [2.75, 3.05) is 13.1 Å². The number of nitrogens with two attached hydrogens (primary N) is 1. The number of unbranched alkanes of at least 4 members (excludes halogenated alkanes) is 5. The predicted molar refractivity (Wildman–Crippen MR) is 76.4 cm³/mol. The fourth-order valence-electron chi connectivity index (χ4n) is 2.02. The van der Waals surface area contributed by atoms with E-state index >= 15 is 0 Å². The second-order valence-corrected chi connectivity index (χ2v) is 4.84. The molecule has 0 aliphatic carbocycles. The Morgan fingerprint density at radius 3 is 2.78 bits per heavy atom. The van der Waals surface area contributed by atoms with Crippen LogP contribution in [0.5, 0.6) is 0 Å². The van der Waals surface area contributed by atoms with Gasteiger partial charge in [0.05, 0.1) is 12.0 Å². The van der Waals surface area contributed by atoms with Crippen LogP contribution >= 0.6 is 0 Å². The number of aromatic nitrogens is 2. The van der Waals surface area contributed by atoms with Crippen LogP contribution in [0.4, 0.5) is 0 Å². The Bertz CT molecular complexity index is 296. The van der Waals surface area contributed by atoms with Crippen LogP contribution in [0.3, 0.4) is 0 Å². The van der Waals surface area contributed by atoms with Crippen molar-refractivity contribution in [2.45, 2.75) is 58.5 Å². The van der Waals surface area contributed by atoms with E-state index < -0.39 is 0 Å². The Morgan fingerprint density at radius 2 is 2.00 bits per heavy atom. The number of hydrogen-bond donors (Lipinski definition) is 2. The van der Waals surface area contributed by atoms with Gasteiger partial charge in [-0.2, -0.15) is 0 Å². The summed E-state index contributed by atoms with van der Waals surface area (Å²) in [5.74, 6) is 0. The van der Waals surface area contributed by atoms with Crippen molar-refractivity contribution >= 4 is 0 Å². The van der Waals surface area contributed by atoms with Crippen LogP contribution in [-0.4, -0.2) is 22.6 Å². The molecule has 1 aromatic heterocycles. The Balaban J connectivity index is 1.96. The Kier molecular flexibility index (Phi) is 8.51. The zero-order chi connectivity index (χ0) is 13.1. The van der Waals surface area contributed by atoms with Crippen LogP contribution in [0.2, 0.25) is 0 Å². The van der Waals surface area contributed by atoms with E-state index in [-0.39, 0.29) is 0 Å². The summed E-state index contributed by atoms with van der Waals surface area (Å²) in [7, 11) is 0. The first-order chi connectivity index (χ1) is 8.86. The molecule has 1 heterocycles. The van der Waals surface area contributed by atoms with E-state index in [9.17, 15) is 0 Å². The second kappa shape index (κ2) is 10.1. The van der Waals surface area contributed by atoms with E-state index in [1.54, 1.807) is 0 Å². The molecule has 0 aromatic carbocycles. The molecule has 1 aromatic rings. The van der Waals surface area contributed by atoms with Gasteiger partial charge in [0.1, 0.15) is 0 Å². The average molecular weight is 252 g/mol. The first kappa shape index (κ1) is 15.2. The number of nitrogens with zero attached hydrogens (tertiary/aromatic N) is 2. The Morgan fingerprint density at radius 1 is 1.22 bits per heavy atom. The summed E-state index contributed by atoms with van der Waals surface area (Å²) in [6, 6.07) is 0. The van der Waals surface area contributed by atoms with Gasteiger partial charge in [0.2, 0.25) is 0 Å². The number of imidazole rings is 1. The summed E-state index contributed by atoms with van der Waals surface area (Å²) in [6.45, 7) is 5.74. The summed E-state index contributed by atoms with van der Waals surface area (Å²) in [6.07, 6.45) is 12.0. The van der Waals surface area contributed by atoms with Crippen molar-refractivity contribution in [2.24, 2.45) is 5.73 Å². The third-order valence-corrected chi connectivity index (χ3v) is 3.09. The number of hydrogen-bond acceptors (Lipinski definition) is 3. The van der Waals surface area contributed by atoms with Gasteiger partial charge in [-0.15, -0.1) is 0 Å². The van der Waals surface area contributed by atoms with Crippen molar-refractivity contribution in [1.82, 2.24) is 14.9 Å². The zero-order valence-corrected chi connectivity index (χ0v) is 11.7. The molecule has 18 heavy (non-hydrogen) atoms. The lowest BCUT2D eigenvalue weighted by atomic mass is 10.1. The SMILES string of the molecule is CCCCCCCCNCc1cn(CCN)cn1. The Hall–Kier alpha value is -0.870. The molecular weight excluding hydrogens is 224 g/mol. The minimum atomic E-state index is 0.668. The van der Waals surface area contributed by atoms with Crippen molar-refractivity contribution in [3.8, 4) is 0 Å². The highest BCUT2D eigenvalue weighted by Gasteiger charge is 1.97. The normalized spacial score (nSPS) is 11.0. The molecule has 0 amide bonds. The smallest absolute Gasteiger partial charge is 0.0950 e. The molecule has 0 saturated heterocycles. The predicted octanol–water partition coefficient (Wildman–Crippen LogP) is 2.29. The molecule has 104 valence electrons. The van der Waals surface area contributed by atoms with E-state index in [1.165, 1.54) is 38.5 Å². The first-order valence-corrected chi connectivity index (χ1v) is 7.28. The molecule has 0 bridgehead atoms. The number of nitrogens with one attached hydrogen (secondary N) is 1. The molecule has 0 radical (unpaired) electrons. The first-order valence-electron chi connectivity index (χ1n) is 7.28. The summed E-state index contributed by atoms with van der Waals surface area (Å²) in [5, 5.41) is 3.44. The van der Waals surface area contributed by atoms with E-state index in [0.29, 0.717) is 6.54 Å². The van der Waals surface area contributed by atoms with Crippen molar-refractivity contribution in [3.63, 3.8) is 0 Å². The maximum atomic E-state index is 5.50. The molecule has 0 unspecified atom stereocenters. The van der Waals surface area contributed by atoms with Crippen LogP contribution in [0.1, 0.15) is 51.1 Å². The topological polar surface area (TPSA) is 55.9 Å². The van der Waals surface area contributed by atoms with E-state index in [4.69, 9.17) is 5.73 Å². The monoisotopic (exact) mass is 252 g/mol. The van der Waals surface area contributed by atoms with Crippen LogP contribution < -0.4 is 11.1 Å². The maximum absolute atomic E-state index is 5.50. The fraction of sp³-hybridized carbons (Fsp3) is 0.786. The highest BCUT2D eigenvalue weighted by molar-refractivity contribution is 4.96. The fourth-order valence-corrected chi connectivity index (χ4v) is 2.02. The van der Waals surface area contributed by atoms with Gasteiger partial charge >= 0.3 is 0 Å². The van der Waals surface area contributed by atoms with Crippen LogP contribution in [0.25, 0.3) is 0 Å². The van der Waals surface area contributed by atoms with Gasteiger partial charge < -0.3 is 15.6 Å². The van der Waals surface area contributed by atoms with E-state index in [0.717, 1.165) is 25.3 Å². The molecule has 0 saturated carbocycles. The largest absolute Gasteiger partial charge is 0.336 e. The molecule has 3 N–H and O–H groups in total. The number of rotatable bonds is 11. The Labute approximate surface area is 111 Å². The standard InChI is InChI=1S/C14H28N4/c1-2-3-4-5-6-7-9-16-11-14-12-18(10-8-15)13-17-14/h12-13,16H,2-11,15H2,1H3. The summed E-state index contributed by atoms with van der Waals surface area (Å²) in [4.78, 5) is 4.34. The van der Waals surface area contributed by atoms with Gasteiger partial charge in [-0.05, 0) is 13.0 Å². The molecule has 0 fully saturated rings. The van der Waals surface area contributed by atoms with Gasteiger partial charge in [-0.1, -0.05) is 39.0 Å². The van der Waals surface area contributed by atoms with Gasteiger partial charge in [-0.25, -0.2) is 4.98 Å². The van der Waals surface area contributed by atoms with Crippen LogP contribution in [0.15, 0.2) is 12.5 Å². The third kappa shape index (κ3) is 6.77. The average Bonchev–Trinajstić information content (AvgIpc) is 2.81. The van der Waals surface area contributed by atoms with Crippen molar-refractivity contribution in [3.05, 3.63) is 18.2 Å². The third-order valence-electron chi connectivity index (χ3n) is 3.09. The molecular formula is C14H28N4. The van der Waals surface area contributed by atoms with Crippen LogP contribution in [0, 0.1) is 0 Å². The maximum Gasteiger partial charge on any atom is 0.0950 e. The lowest BCUT2D eigenvalue weighted by Crippen LogP contribution is -2.15. The highest BCUT2D eigenvalue weighted by Crippen LogP contribution is 2.04. The summed E-state index contributed by atoms with van der Waals surface area (Å²) in [5.41, 5.74) is 6.60. The summed E-state index contributed by atoms with van der Waals surface area (Å²) >= 11 is 0. The van der Waals surface area contributed by atoms with Gasteiger partial charge in [0.15, 0.2) is 0 Å². The minimum Gasteiger partial charge on any atom is -0.336 e. The zero-order valence-electron chi connectivity index (χ0n) is 11.7. The van der Waals surface area contributed by atoms with Crippen LogP contribution in [-0.2, 0) is 13.1 Å². The quantitative estimate of drug-likeness (QED) is 0.594. The highest BCUT2D eigenvalue weighted by atomic mass is 15.0. The molecule has 4 heteroatoms. The van der Waals surface area contributed by atoms with Crippen molar-refractivity contribution in [1.29, 1.82) is 0 Å². The lowest BCUT2D eigenvalue weighted by molar-refractivity contribution is 0.569. The lowest BCUT2D eigenvalue weighted by Gasteiger charge is -2.03. The molecule has 0 spiro atoms. The van der Waals surface area contributed by atoms with E-state index in [2.05, 4.69) is 23.4 Å². The van der Waals surface area contributed by atoms with Gasteiger partial charge in [0, 0.05) is 25.8 Å². The molecule has 0 atom stereocenters.